The highest BCUT2D eigenvalue weighted by molar-refractivity contribution is 4.95. The van der Waals surface area contributed by atoms with E-state index in [0.29, 0.717) is 6.54 Å². The lowest BCUT2D eigenvalue weighted by Crippen LogP contribution is -2.54. The van der Waals surface area contributed by atoms with Gasteiger partial charge in [0, 0.05) is 13.2 Å². The maximum absolute atomic E-state index is 13.5. The van der Waals surface area contributed by atoms with Gasteiger partial charge in [0.15, 0.2) is 0 Å². The zero-order chi connectivity index (χ0) is 8.44. The summed E-state index contributed by atoms with van der Waals surface area (Å²) in [6, 6.07) is 0. The molecule has 70 valence electrons. The van der Waals surface area contributed by atoms with E-state index < -0.39 is 11.8 Å². The first-order valence-electron chi connectivity index (χ1n) is 4.82. The van der Waals surface area contributed by atoms with Gasteiger partial charge >= 0.3 is 0 Å². The molecular weight excluding hydrogens is 157 g/mol. The van der Waals surface area contributed by atoms with Crippen molar-refractivity contribution in [1.29, 1.82) is 0 Å². The second-order valence-corrected chi connectivity index (χ2v) is 3.79. The van der Waals surface area contributed by atoms with E-state index in [-0.39, 0.29) is 0 Å². The van der Waals surface area contributed by atoms with Gasteiger partial charge in [0.2, 0.25) is 0 Å². The van der Waals surface area contributed by atoms with Gasteiger partial charge in [0.05, 0.1) is 0 Å². The summed E-state index contributed by atoms with van der Waals surface area (Å²) >= 11 is 0. The summed E-state index contributed by atoms with van der Waals surface area (Å²) in [5.74, 6) is 0. The molecule has 2 heterocycles. The number of hydrogen-bond acceptors (Lipinski definition) is 2. The Kier molecular flexibility index (Phi) is 2.33. The van der Waals surface area contributed by atoms with Crippen molar-refractivity contribution >= 4 is 0 Å². The van der Waals surface area contributed by atoms with Gasteiger partial charge in [-0.25, -0.2) is 4.39 Å². The standard InChI is InChI=1S/C9H16FNO/c10-8-7-11-5-4-9(8)3-1-2-6-12-9/h8,11H,1-7H2. The summed E-state index contributed by atoms with van der Waals surface area (Å²) in [5.41, 5.74) is -0.413. The molecule has 2 atom stereocenters. The van der Waals surface area contributed by atoms with Crippen LogP contribution in [0.1, 0.15) is 25.7 Å². The Morgan fingerprint density at radius 2 is 2.25 bits per heavy atom. The van der Waals surface area contributed by atoms with Crippen molar-refractivity contribution in [2.45, 2.75) is 37.5 Å². The first-order chi connectivity index (χ1) is 5.83. The molecule has 2 unspecified atom stereocenters. The van der Waals surface area contributed by atoms with Crippen LogP contribution in [-0.2, 0) is 4.74 Å². The lowest BCUT2D eigenvalue weighted by Gasteiger charge is -2.42. The van der Waals surface area contributed by atoms with Gasteiger partial charge in [-0.05, 0) is 32.2 Å². The Hall–Kier alpha value is -0.150. The highest BCUT2D eigenvalue weighted by atomic mass is 19.1. The summed E-state index contributed by atoms with van der Waals surface area (Å²) in [6.07, 6.45) is 3.18. The highest BCUT2D eigenvalue weighted by Crippen LogP contribution is 2.34. The van der Waals surface area contributed by atoms with E-state index in [1.54, 1.807) is 0 Å². The molecule has 2 fully saturated rings. The summed E-state index contributed by atoms with van der Waals surface area (Å²) < 4.78 is 19.1. The van der Waals surface area contributed by atoms with E-state index in [4.69, 9.17) is 4.74 Å². The molecule has 0 amide bonds. The maximum Gasteiger partial charge on any atom is 0.141 e. The van der Waals surface area contributed by atoms with Crippen LogP contribution >= 0.6 is 0 Å². The third-order valence-corrected chi connectivity index (χ3v) is 3.00. The molecule has 0 bridgehead atoms. The largest absolute Gasteiger partial charge is 0.372 e. The van der Waals surface area contributed by atoms with Crippen LogP contribution in [-0.4, -0.2) is 31.5 Å². The summed E-state index contributed by atoms with van der Waals surface area (Å²) in [6.45, 7) is 2.13. The van der Waals surface area contributed by atoms with E-state index in [1.165, 1.54) is 0 Å². The normalized spacial score (nSPS) is 43.2. The molecule has 2 rings (SSSR count). The highest BCUT2D eigenvalue weighted by Gasteiger charge is 2.43. The number of nitrogens with one attached hydrogen (secondary N) is 1. The average Bonchev–Trinajstić information content (AvgIpc) is 2.12. The van der Waals surface area contributed by atoms with Crippen LogP contribution in [0.2, 0.25) is 0 Å². The lowest BCUT2D eigenvalue weighted by molar-refractivity contribution is -0.136. The summed E-state index contributed by atoms with van der Waals surface area (Å²) in [7, 11) is 0. The SMILES string of the molecule is FC1CNCCC12CCCCO2. The van der Waals surface area contributed by atoms with E-state index in [2.05, 4.69) is 5.32 Å². The fourth-order valence-electron chi connectivity index (χ4n) is 2.19. The van der Waals surface area contributed by atoms with Crippen molar-refractivity contribution in [3.05, 3.63) is 0 Å². The second kappa shape index (κ2) is 3.30. The third kappa shape index (κ3) is 1.36. The van der Waals surface area contributed by atoms with Crippen molar-refractivity contribution in [1.82, 2.24) is 5.32 Å². The van der Waals surface area contributed by atoms with Crippen molar-refractivity contribution < 1.29 is 9.13 Å². The number of hydrogen-bond donors (Lipinski definition) is 1. The minimum absolute atomic E-state index is 0.413. The van der Waals surface area contributed by atoms with Crippen LogP contribution in [0, 0.1) is 0 Å². The lowest BCUT2D eigenvalue weighted by atomic mass is 9.84. The molecule has 2 aliphatic heterocycles. The molecule has 2 nitrogen and oxygen atoms in total. The second-order valence-electron chi connectivity index (χ2n) is 3.79. The monoisotopic (exact) mass is 173 g/mol. The molecule has 0 radical (unpaired) electrons. The van der Waals surface area contributed by atoms with Gasteiger partial charge in [-0.2, -0.15) is 0 Å². The van der Waals surface area contributed by atoms with Crippen LogP contribution in [0.15, 0.2) is 0 Å². The van der Waals surface area contributed by atoms with E-state index >= 15 is 0 Å². The molecule has 0 aromatic rings. The average molecular weight is 173 g/mol. The van der Waals surface area contributed by atoms with Gasteiger partial charge in [-0.1, -0.05) is 0 Å². The van der Waals surface area contributed by atoms with E-state index in [0.717, 1.165) is 38.8 Å². The zero-order valence-electron chi connectivity index (χ0n) is 7.31. The van der Waals surface area contributed by atoms with Crippen LogP contribution in [0.5, 0.6) is 0 Å². The van der Waals surface area contributed by atoms with Crippen molar-refractivity contribution in [3.63, 3.8) is 0 Å². The van der Waals surface area contributed by atoms with Crippen LogP contribution in [0.25, 0.3) is 0 Å². The molecule has 2 aliphatic rings. The molecule has 0 aliphatic carbocycles. The number of piperidine rings is 1. The fraction of sp³-hybridized carbons (Fsp3) is 1.00. The van der Waals surface area contributed by atoms with Gasteiger partial charge in [-0.3, -0.25) is 0 Å². The molecule has 0 aromatic carbocycles. The molecule has 12 heavy (non-hydrogen) atoms. The first-order valence-corrected chi connectivity index (χ1v) is 4.82. The van der Waals surface area contributed by atoms with Crippen molar-refractivity contribution in [3.8, 4) is 0 Å². The molecule has 0 aromatic heterocycles. The van der Waals surface area contributed by atoms with Gasteiger partial charge in [0.25, 0.3) is 0 Å². The minimum atomic E-state index is -0.799. The molecule has 0 saturated carbocycles. The number of rotatable bonds is 0. The minimum Gasteiger partial charge on any atom is -0.372 e. The third-order valence-electron chi connectivity index (χ3n) is 3.00. The molecular formula is C9H16FNO. The molecule has 1 N–H and O–H groups in total. The smallest absolute Gasteiger partial charge is 0.141 e. The summed E-state index contributed by atoms with van der Waals surface area (Å²) in [5, 5.41) is 3.05. The zero-order valence-corrected chi connectivity index (χ0v) is 7.31. The Morgan fingerprint density at radius 1 is 1.33 bits per heavy atom. The Balaban J connectivity index is 2.04. The number of halogens is 1. The predicted octanol–water partition coefficient (Wildman–Crippen LogP) is 1.26. The number of alkyl halides is 1. The van der Waals surface area contributed by atoms with Gasteiger partial charge in [-0.15, -0.1) is 0 Å². The number of ether oxygens (including phenoxy) is 1. The predicted molar refractivity (Wildman–Crippen MR) is 44.9 cm³/mol. The van der Waals surface area contributed by atoms with Crippen LogP contribution in [0.3, 0.4) is 0 Å². The van der Waals surface area contributed by atoms with Crippen molar-refractivity contribution in [2.75, 3.05) is 19.7 Å². The van der Waals surface area contributed by atoms with Gasteiger partial charge < -0.3 is 10.1 Å². The Bertz CT molecular complexity index is 148. The Morgan fingerprint density at radius 3 is 2.92 bits per heavy atom. The van der Waals surface area contributed by atoms with E-state index in [1.807, 2.05) is 0 Å². The van der Waals surface area contributed by atoms with E-state index in [9.17, 15) is 4.39 Å². The maximum atomic E-state index is 13.5. The molecule has 3 heteroatoms. The Labute approximate surface area is 72.5 Å². The van der Waals surface area contributed by atoms with Crippen LogP contribution in [0.4, 0.5) is 4.39 Å². The quantitative estimate of drug-likeness (QED) is 0.595. The molecule has 1 spiro atoms. The summed E-state index contributed by atoms with van der Waals surface area (Å²) in [4.78, 5) is 0. The molecule has 2 saturated heterocycles. The van der Waals surface area contributed by atoms with Crippen LogP contribution < -0.4 is 5.32 Å². The fourth-order valence-corrected chi connectivity index (χ4v) is 2.19. The topological polar surface area (TPSA) is 21.3 Å². The van der Waals surface area contributed by atoms with Crippen molar-refractivity contribution in [2.24, 2.45) is 0 Å². The first kappa shape index (κ1) is 8.45. The van der Waals surface area contributed by atoms with Gasteiger partial charge in [0.1, 0.15) is 11.8 Å².